The second kappa shape index (κ2) is 4.61. The number of fused-ring (bicyclic) bond motifs is 3. The van der Waals surface area contributed by atoms with Gasteiger partial charge in [-0.2, -0.15) is 0 Å². The second-order valence-corrected chi connectivity index (χ2v) is 7.34. The van der Waals surface area contributed by atoms with Crippen LogP contribution in [0, 0.1) is 5.92 Å². The number of allylic oxidation sites excluding steroid dienone is 1. The van der Waals surface area contributed by atoms with Crippen LogP contribution in [0.3, 0.4) is 0 Å². The number of hydrogen-bond donors (Lipinski definition) is 0. The maximum Gasteiger partial charge on any atom is 0.0444 e. The molecular weight excluding hydrogens is 256 g/mol. The van der Waals surface area contributed by atoms with Crippen molar-refractivity contribution in [1.29, 1.82) is 0 Å². The van der Waals surface area contributed by atoms with Gasteiger partial charge in [-0.25, -0.2) is 0 Å². The van der Waals surface area contributed by atoms with E-state index in [1.807, 2.05) is 0 Å². The Kier molecular flexibility index (Phi) is 2.69. The van der Waals surface area contributed by atoms with Crippen molar-refractivity contribution in [1.82, 2.24) is 9.80 Å². The normalized spacial score (nSPS) is 33.6. The first-order valence-corrected chi connectivity index (χ1v) is 8.68. The van der Waals surface area contributed by atoms with Crippen LogP contribution in [0.2, 0.25) is 0 Å². The Morgan fingerprint density at radius 2 is 1.86 bits per heavy atom. The number of nitrogens with zero attached hydrogens (tertiary/aromatic N) is 2. The molecule has 0 radical (unpaired) electrons. The van der Waals surface area contributed by atoms with Crippen molar-refractivity contribution in [2.75, 3.05) is 19.6 Å². The quantitative estimate of drug-likeness (QED) is 0.779. The minimum Gasteiger partial charge on any atom is -0.368 e. The molecule has 3 saturated heterocycles. The van der Waals surface area contributed by atoms with Crippen LogP contribution >= 0.6 is 0 Å². The molecule has 1 aromatic carbocycles. The summed E-state index contributed by atoms with van der Waals surface area (Å²) in [7, 11) is 0. The lowest BCUT2D eigenvalue weighted by molar-refractivity contribution is 0.0222. The molecule has 21 heavy (non-hydrogen) atoms. The fourth-order valence-corrected chi connectivity index (χ4v) is 5.09. The lowest BCUT2D eigenvalue weighted by Crippen LogP contribution is -2.56. The molecule has 6 rings (SSSR count). The molecule has 1 aliphatic carbocycles. The third kappa shape index (κ3) is 1.88. The molecule has 0 amide bonds. The molecule has 0 aromatic heterocycles. The van der Waals surface area contributed by atoms with Crippen molar-refractivity contribution in [2.45, 2.75) is 44.7 Å². The molecule has 2 nitrogen and oxygen atoms in total. The molecule has 1 atom stereocenters. The van der Waals surface area contributed by atoms with Gasteiger partial charge < -0.3 is 9.80 Å². The third-order valence-corrected chi connectivity index (χ3v) is 6.17. The Bertz CT molecular complexity index is 596. The number of hydrogen-bond acceptors (Lipinski definition) is 2. The summed E-state index contributed by atoms with van der Waals surface area (Å²) >= 11 is 0. The highest BCUT2D eigenvalue weighted by molar-refractivity contribution is 5.73. The number of piperidine rings is 3. The van der Waals surface area contributed by atoms with Crippen LogP contribution in [0.4, 0.5) is 0 Å². The Labute approximate surface area is 127 Å². The van der Waals surface area contributed by atoms with Crippen molar-refractivity contribution in [3.63, 3.8) is 0 Å². The maximum atomic E-state index is 2.70. The molecule has 0 N–H and O–H groups in total. The highest BCUT2D eigenvalue weighted by Crippen LogP contribution is 2.40. The van der Waals surface area contributed by atoms with Crippen molar-refractivity contribution < 1.29 is 0 Å². The summed E-state index contributed by atoms with van der Waals surface area (Å²) in [6.07, 6.45) is 9.25. The molecule has 0 unspecified atom stereocenters. The molecule has 2 bridgehead atoms. The second-order valence-electron chi connectivity index (χ2n) is 7.34. The Morgan fingerprint density at radius 3 is 2.67 bits per heavy atom. The predicted octanol–water partition coefficient (Wildman–Crippen LogP) is 3.27. The fourth-order valence-electron chi connectivity index (χ4n) is 5.09. The largest absolute Gasteiger partial charge is 0.368 e. The first-order chi connectivity index (χ1) is 10.4. The van der Waals surface area contributed by atoms with E-state index in [2.05, 4.69) is 34.2 Å². The molecule has 110 valence electrons. The summed E-state index contributed by atoms with van der Waals surface area (Å²) in [5.74, 6) is 0.931. The average molecular weight is 280 g/mol. The molecule has 5 aliphatic rings. The smallest absolute Gasteiger partial charge is 0.0444 e. The van der Waals surface area contributed by atoms with E-state index in [9.17, 15) is 0 Å². The minimum absolute atomic E-state index is 0.763. The van der Waals surface area contributed by atoms with Gasteiger partial charge in [0.05, 0.1) is 0 Å². The number of rotatable bonds is 1. The zero-order valence-electron chi connectivity index (χ0n) is 12.7. The summed E-state index contributed by atoms with van der Waals surface area (Å²) in [5, 5.41) is 0. The van der Waals surface area contributed by atoms with Gasteiger partial charge in [-0.15, -0.1) is 0 Å². The number of benzene rings is 1. The van der Waals surface area contributed by atoms with E-state index in [1.165, 1.54) is 51.7 Å². The van der Waals surface area contributed by atoms with Gasteiger partial charge in [0.25, 0.3) is 0 Å². The highest BCUT2D eigenvalue weighted by atomic mass is 15.2. The lowest BCUT2D eigenvalue weighted by atomic mass is 9.80. The third-order valence-electron chi connectivity index (χ3n) is 6.17. The molecule has 0 spiro atoms. The zero-order valence-corrected chi connectivity index (χ0v) is 12.7. The van der Waals surface area contributed by atoms with E-state index in [0.29, 0.717) is 0 Å². The van der Waals surface area contributed by atoms with Crippen LogP contribution in [0.25, 0.3) is 5.57 Å². The zero-order chi connectivity index (χ0) is 13.8. The molecular formula is C19H24N2. The predicted molar refractivity (Wildman–Crippen MR) is 85.9 cm³/mol. The van der Waals surface area contributed by atoms with Crippen LogP contribution in [-0.2, 0) is 13.0 Å². The molecule has 2 heteroatoms. The van der Waals surface area contributed by atoms with E-state index in [1.54, 1.807) is 22.3 Å². The monoisotopic (exact) mass is 280 g/mol. The van der Waals surface area contributed by atoms with Crippen molar-refractivity contribution in [3.8, 4) is 0 Å². The van der Waals surface area contributed by atoms with Gasteiger partial charge in [0.15, 0.2) is 0 Å². The van der Waals surface area contributed by atoms with E-state index in [-0.39, 0.29) is 0 Å². The lowest BCUT2D eigenvalue weighted by Gasteiger charge is -2.50. The molecule has 1 aromatic rings. The molecule has 4 heterocycles. The Morgan fingerprint density at radius 1 is 1.00 bits per heavy atom. The van der Waals surface area contributed by atoms with Gasteiger partial charge in [-0.3, -0.25) is 0 Å². The van der Waals surface area contributed by atoms with Crippen LogP contribution in [-0.4, -0.2) is 35.5 Å². The fraction of sp³-hybridized carbons (Fsp3) is 0.579. The standard InChI is InChI=1S/C19H24N2/c1-3-15-4-2-6-17-12-21(11-16(5-1)19(15)17)18-13-20-9-7-14(18)8-10-20/h1,3,5,12,14,18H,2,4,6-11,13H2/t18-/m1/s1. The summed E-state index contributed by atoms with van der Waals surface area (Å²) in [5.41, 5.74) is 6.41. The minimum atomic E-state index is 0.763. The van der Waals surface area contributed by atoms with Crippen molar-refractivity contribution >= 4 is 5.57 Å². The van der Waals surface area contributed by atoms with Gasteiger partial charge in [0.2, 0.25) is 0 Å². The van der Waals surface area contributed by atoms with Crippen LogP contribution in [0.5, 0.6) is 0 Å². The van der Waals surface area contributed by atoms with Crippen molar-refractivity contribution in [2.24, 2.45) is 5.92 Å². The van der Waals surface area contributed by atoms with E-state index < -0.39 is 0 Å². The van der Waals surface area contributed by atoms with Crippen LogP contribution in [0.15, 0.2) is 24.4 Å². The molecule has 4 aliphatic heterocycles. The first kappa shape index (κ1) is 12.3. The summed E-state index contributed by atoms with van der Waals surface area (Å²) < 4.78 is 0. The van der Waals surface area contributed by atoms with Gasteiger partial charge in [0, 0.05) is 25.3 Å². The molecule has 3 fully saturated rings. The first-order valence-electron chi connectivity index (χ1n) is 8.68. The SMILES string of the molecule is C1=C2CCCc3cccc(c32)CN1[C@@H]1CN2CCC1CC2. The highest BCUT2D eigenvalue weighted by Gasteiger charge is 2.38. The van der Waals surface area contributed by atoms with Gasteiger partial charge in [-0.05, 0) is 73.4 Å². The summed E-state index contributed by atoms with van der Waals surface area (Å²) in [6.45, 7) is 5.11. The summed E-state index contributed by atoms with van der Waals surface area (Å²) in [6, 6.07) is 7.75. The van der Waals surface area contributed by atoms with E-state index in [0.717, 1.165) is 18.5 Å². The van der Waals surface area contributed by atoms with Crippen LogP contribution < -0.4 is 0 Å². The Hall–Kier alpha value is -1.28. The van der Waals surface area contributed by atoms with Crippen molar-refractivity contribution in [3.05, 3.63) is 41.1 Å². The van der Waals surface area contributed by atoms with Gasteiger partial charge >= 0.3 is 0 Å². The molecule has 0 saturated carbocycles. The van der Waals surface area contributed by atoms with Gasteiger partial charge in [0.1, 0.15) is 0 Å². The Balaban J connectivity index is 1.51. The number of aryl methyl sites for hydroxylation is 1. The van der Waals surface area contributed by atoms with E-state index in [4.69, 9.17) is 0 Å². The van der Waals surface area contributed by atoms with Crippen LogP contribution in [0.1, 0.15) is 42.4 Å². The van der Waals surface area contributed by atoms with E-state index >= 15 is 0 Å². The topological polar surface area (TPSA) is 6.48 Å². The summed E-state index contributed by atoms with van der Waals surface area (Å²) in [4.78, 5) is 5.37. The average Bonchev–Trinajstić information content (AvgIpc) is 2.56. The van der Waals surface area contributed by atoms with Gasteiger partial charge in [-0.1, -0.05) is 18.2 Å². The maximum absolute atomic E-state index is 2.70.